The quantitative estimate of drug-likeness (QED) is 0.524. The second-order valence-corrected chi connectivity index (χ2v) is 5.34. The summed E-state index contributed by atoms with van der Waals surface area (Å²) in [5.74, 6) is -0.496. The third kappa shape index (κ3) is 5.46. The van der Waals surface area contributed by atoms with Crippen LogP contribution in [0.15, 0.2) is 42.5 Å². The van der Waals surface area contributed by atoms with Crippen molar-refractivity contribution in [3.05, 3.63) is 53.6 Å². The molecule has 0 aliphatic carbocycles. The van der Waals surface area contributed by atoms with Gasteiger partial charge in [0.15, 0.2) is 13.2 Å². The van der Waals surface area contributed by atoms with Gasteiger partial charge < -0.3 is 24.7 Å². The number of esters is 1. The molecule has 27 heavy (non-hydrogen) atoms. The van der Waals surface area contributed by atoms with E-state index in [0.29, 0.717) is 17.2 Å². The molecule has 2 N–H and O–H groups in total. The minimum absolute atomic E-state index is 0.229. The molecule has 0 saturated carbocycles. The van der Waals surface area contributed by atoms with E-state index in [9.17, 15) is 14.4 Å². The number of ketones is 1. The molecule has 1 amide bonds. The number of ether oxygens (including phenoxy) is 4. The van der Waals surface area contributed by atoms with Gasteiger partial charge in [-0.25, -0.2) is 4.79 Å². The highest BCUT2D eigenvalue weighted by Crippen LogP contribution is 2.24. The van der Waals surface area contributed by atoms with Crippen LogP contribution in [0, 0.1) is 0 Å². The van der Waals surface area contributed by atoms with Crippen molar-refractivity contribution in [1.29, 1.82) is 0 Å². The molecule has 8 heteroatoms. The Morgan fingerprint density at radius 1 is 0.889 bits per heavy atom. The number of carbonyl (C=O) groups is 3. The first kappa shape index (κ1) is 19.8. The van der Waals surface area contributed by atoms with Gasteiger partial charge in [-0.15, -0.1) is 0 Å². The summed E-state index contributed by atoms with van der Waals surface area (Å²) >= 11 is 0. The highest BCUT2D eigenvalue weighted by molar-refractivity contribution is 6.01. The van der Waals surface area contributed by atoms with Crippen molar-refractivity contribution >= 4 is 17.7 Å². The number of rotatable bonds is 9. The molecule has 0 saturated heterocycles. The zero-order valence-electron chi connectivity index (χ0n) is 14.9. The van der Waals surface area contributed by atoms with Crippen molar-refractivity contribution in [2.24, 2.45) is 5.73 Å². The number of hydrogen-bond donors (Lipinski definition) is 1. The van der Waals surface area contributed by atoms with E-state index in [1.165, 1.54) is 44.6 Å². The van der Waals surface area contributed by atoms with E-state index in [2.05, 4.69) is 0 Å². The Hall–Kier alpha value is -3.55. The summed E-state index contributed by atoms with van der Waals surface area (Å²) < 4.78 is 20.4. The average Bonchev–Trinajstić information content (AvgIpc) is 2.69. The van der Waals surface area contributed by atoms with Gasteiger partial charge in [0.05, 0.1) is 25.3 Å². The Labute approximate surface area is 155 Å². The highest BCUT2D eigenvalue weighted by atomic mass is 16.5. The molecule has 2 aromatic rings. The van der Waals surface area contributed by atoms with E-state index in [0.717, 1.165) is 0 Å². The summed E-state index contributed by atoms with van der Waals surface area (Å²) in [5.41, 5.74) is 5.46. The maximum Gasteiger partial charge on any atom is 0.338 e. The molecule has 2 rings (SSSR count). The van der Waals surface area contributed by atoms with Gasteiger partial charge in [0.25, 0.3) is 5.91 Å². The van der Waals surface area contributed by atoms with Crippen LogP contribution >= 0.6 is 0 Å². The summed E-state index contributed by atoms with van der Waals surface area (Å²) in [5, 5.41) is 0. The van der Waals surface area contributed by atoms with Crippen molar-refractivity contribution in [2.75, 3.05) is 27.4 Å². The lowest BCUT2D eigenvalue weighted by molar-refractivity contribution is -0.119. The minimum Gasteiger partial charge on any atom is -0.497 e. The Kier molecular flexibility index (Phi) is 6.76. The van der Waals surface area contributed by atoms with E-state index in [4.69, 9.17) is 24.7 Å². The summed E-state index contributed by atoms with van der Waals surface area (Å²) in [7, 11) is 2.92. The molecule has 2 aromatic carbocycles. The normalized spacial score (nSPS) is 10.0. The fraction of sp³-hybridized carbons (Fsp3) is 0.211. The van der Waals surface area contributed by atoms with E-state index in [-0.39, 0.29) is 17.7 Å². The van der Waals surface area contributed by atoms with Gasteiger partial charge in [-0.3, -0.25) is 9.59 Å². The topological polar surface area (TPSA) is 114 Å². The molecule has 0 aromatic heterocycles. The van der Waals surface area contributed by atoms with Crippen LogP contribution in [0.1, 0.15) is 20.7 Å². The van der Waals surface area contributed by atoms with Crippen molar-refractivity contribution in [1.82, 2.24) is 0 Å². The first-order chi connectivity index (χ1) is 12.9. The number of carbonyl (C=O) groups excluding carboxylic acids is 3. The molecular weight excluding hydrogens is 354 g/mol. The van der Waals surface area contributed by atoms with E-state index >= 15 is 0 Å². The van der Waals surface area contributed by atoms with Crippen LogP contribution in [0.4, 0.5) is 0 Å². The van der Waals surface area contributed by atoms with Crippen molar-refractivity contribution < 1.29 is 33.3 Å². The van der Waals surface area contributed by atoms with Gasteiger partial charge in [0, 0.05) is 0 Å². The van der Waals surface area contributed by atoms with Crippen molar-refractivity contribution in [3.63, 3.8) is 0 Å². The monoisotopic (exact) mass is 373 g/mol. The number of Topliss-reactive ketones (excluding diaryl/α,β-unsaturated/α-hetero) is 1. The lowest BCUT2D eigenvalue weighted by Crippen LogP contribution is -2.20. The van der Waals surface area contributed by atoms with Crippen LogP contribution in [0.5, 0.6) is 17.2 Å². The maximum atomic E-state index is 12.4. The van der Waals surface area contributed by atoms with Crippen LogP contribution in [0.2, 0.25) is 0 Å². The number of nitrogens with two attached hydrogens (primary N) is 1. The molecule has 0 heterocycles. The maximum absolute atomic E-state index is 12.4. The van der Waals surface area contributed by atoms with Crippen molar-refractivity contribution in [3.8, 4) is 17.2 Å². The van der Waals surface area contributed by atoms with Crippen LogP contribution in [-0.2, 0) is 9.53 Å². The lowest BCUT2D eigenvalue weighted by atomic mass is 10.1. The van der Waals surface area contributed by atoms with E-state index in [1.807, 2.05) is 0 Å². The standard InChI is InChI=1S/C19H19NO7/c1-24-14-7-8-17(25-2)15(9-14)16(21)10-27-19(23)12-3-5-13(6-4-12)26-11-18(20)22/h3-9H,10-11H2,1-2H3,(H2,20,22). The molecule has 0 fully saturated rings. The third-order valence-corrected chi connectivity index (χ3v) is 3.51. The summed E-state index contributed by atoms with van der Waals surface area (Å²) in [6, 6.07) is 10.7. The van der Waals surface area contributed by atoms with Crippen molar-refractivity contribution in [2.45, 2.75) is 0 Å². The predicted molar refractivity (Wildman–Crippen MR) is 95.3 cm³/mol. The van der Waals surface area contributed by atoms with Crippen LogP contribution in [0.25, 0.3) is 0 Å². The van der Waals surface area contributed by atoms with Gasteiger partial charge in [-0.1, -0.05) is 0 Å². The second-order valence-electron chi connectivity index (χ2n) is 5.34. The minimum atomic E-state index is -0.674. The Bertz CT molecular complexity index is 830. The summed E-state index contributed by atoms with van der Waals surface area (Å²) in [4.78, 5) is 35.1. The largest absolute Gasteiger partial charge is 0.497 e. The lowest BCUT2D eigenvalue weighted by Gasteiger charge is -2.10. The molecule has 0 aliphatic heterocycles. The molecule has 0 bridgehead atoms. The first-order valence-corrected chi connectivity index (χ1v) is 7.88. The fourth-order valence-electron chi connectivity index (χ4n) is 2.17. The third-order valence-electron chi connectivity index (χ3n) is 3.51. The SMILES string of the molecule is COc1ccc(OC)c(C(=O)COC(=O)c2ccc(OCC(N)=O)cc2)c1. The highest BCUT2D eigenvalue weighted by Gasteiger charge is 2.16. The van der Waals surface area contributed by atoms with E-state index in [1.54, 1.807) is 12.1 Å². The average molecular weight is 373 g/mol. The fourth-order valence-corrected chi connectivity index (χ4v) is 2.17. The first-order valence-electron chi connectivity index (χ1n) is 7.88. The zero-order valence-corrected chi connectivity index (χ0v) is 14.9. The molecule has 0 radical (unpaired) electrons. The van der Waals surface area contributed by atoms with Gasteiger partial charge in [-0.2, -0.15) is 0 Å². The van der Waals surface area contributed by atoms with Crippen LogP contribution < -0.4 is 19.9 Å². The number of primary amides is 1. The summed E-state index contributed by atoms with van der Waals surface area (Å²) in [6.07, 6.45) is 0. The Morgan fingerprint density at radius 2 is 1.56 bits per heavy atom. The molecule has 0 aliphatic rings. The second kappa shape index (κ2) is 9.23. The number of benzene rings is 2. The smallest absolute Gasteiger partial charge is 0.338 e. The summed E-state index contributed by atoms with van der Waals surface area (Å²) in [6.45, 7) is -0.719. The van der Waals surface area contributed by atoms with Crippen LogP contribution in [0.3, 0.4) is 0 Å². The van der Waals surface area contributed by atoms with E-state index < -0.39 is 24.3 Å². The molecular formula is C19H19NO7. The molecule has 0 atom stereocenters. The van der Waals surface area contributed by atoms with Gasteiger partial charge in [0.2, 0.25) is 5.78 Å². The molecule has 0 unspecified atom stereocenters. The van der Waals surface area contributed by atoms with Gasteiger partial charge in [-0.05, 0) is 42.5 Å². The van der Waals surface area contributed by atoms with Gasteiger partial charge >= 0.3 is 5.97 Å². The molecule has 8 nitrogen and oxygen atoms in total. The zero-order chi connectivity index (χ0) is 19.8. The molecule has 0 spiro atoms. The predicted octanol–water partition coefficient (Wildman–Crippen LogP) is 1.61. The molecule has 142 valence electrons. The Balaban J connectivity index is 1.98. The van der Waals surface area contributed by atoms with Gasteiger partial charge in [0.1, 0.15) is 17.2 Å². The number of hydrogen-bond acceptors (Lipinski definition) is 7. The number of methoxy groups -OCH3 is 2. The Morgan fingerprint density at radius 3 is 2.15 bits per heavy atom. The van der Waals surface area contributed by atoms with Crippen LogP contribution in [-0.4, -0.2) is 45.1 Å². The number of amides is 1.